The zero-order valence-electron chi connectivity index (χ0n) is 19.4. The number of rotatable bonds is 7. The summed E-state index contributed by atoms with van der Waals surface area (Å²) >= 11 is 0. The number of nitrogens with zero attached hydrogens (tertiary/aromatic N) is 3. The van der Waals surface area contributed by atoms with Crippen molar-refractivity contribution in [1.29, 1.82) is 0 Å². The van der Waals surface area contributed by atoms with Crippen LogP contribution in [0.1, 0.15) is 11.1 Å². The van der Waals surface area contributed by atoms with Crippen LogP contribution in [0.2, 0.25) is 0 Å². The molecule has 3 atom stereocenters. The van der Waals surface area contributed by atoms with E-state index in [2.05, 4.69) is 33.5 Å². The number of H-pyrrole nitrogens is 1. The summed E-state index contributed by atoms with van der Waals surface area (Å²) in [5, 5.41) is 12.7. The molecule has 4 aromatic rings. The third-order valence-electron chi connectivity index (χ3n) is 6.64. The summed E-state index contributed by atoms with van der Waals surface area (Å²) in [6.45, 7) is 0.190. The molecule has 0 radical (unpaired) electrons. The average molecular weight is 484 g/mol. The van der Waals surface area contributed by atoms with Crippen molar-refractivity contribution < 1.29 is 14.6 Å². The monoisotopic (exact) mass is 483 g/mol. The smallest absolute Gasteiger partial charge is 0.280 e. The van der Waals surface area contributed by atoms with E-state index < -0.39 is 5.54 Å². The predicted molar refractivity (Wildman–Crippen MR) is 135 cm³/mol. The van der Waals surface area contributed by atoms with Crippen LogP contribution in [0, 0.1) is 5.92 Å². The number of aromatic nitrogens is 4. The number of ether oxygens (including phenoxy) is 2. The number of anilines is 1. The molecule has 1 aliphatic heterocycles. The number of hydrogen-bond donors (Lipinski definition) is 3. The molecule has 9 nitrogen and oxygen atoms in total. The van der Waals surface area contributed by atoms with Gasteiger partial charge in [0.05, 0.1) is 19.5 Å². The van der Waals surface area contributed by atoms with Gasteiger partial charge in [0.2, 0.25) is 5.95 Å². The number of benzene rings is 2. The molecule has 3 N–H and O–H groups in total. The van der Waals surface area contributed by atoms with Crippen LogP contribution in [0.4, 0.5) is 5.95 Å². The van der Waals surface area contributed by atoms with Gasteiger partial charge in [0.1, 0.15) is 24.1 Å². The van der Waals surface area contributed by atoms with Crippen LogP contribution < -0.4 is 15.6 Å². The molecular weight excluding hydrogens is 458 g/mol. The number of imidazole rings is 1. The van der Waals surface area contributed by atoms with E-state index in [0.717, 1.165) is 16.9 Å². The molecule has 0 spiro atoms. The molecule has 2 aromatic carbocycles. The number of aromatic amines is 1. The number of aliphatic hydroxyl groups excluding tert-OH is 1. The SMILES string of the molecule is O=c1[nH]c(NC2(c3ccccc3)c3ccccc3OC3C=CC=CC32)nc2c1ncn2COCCO. The lowest BCUT2D eigenvalue weighted by atomic mass is 9.67. The summed E-state index contributed by atoms with van der Waals surface area (Å²) in [5.74, 6) is 0.943. The van der Waals surface area contributed by atoms with Crippen LogP contribution in [0.3, 0.4) is 0 Å². The maximum atomic E-state index is 13.0. The van der Waals surface area contributed by atoms with Crippen molar-refractivity contribution in [2.24, 2.45) is 5.92 Å². The minimum Gasteiger partial charge on any atom is -0.485 e. The quantitative estimate of drug-likeness (QED) is 0.346. The Balaban J connectivity index is 1.54. The Bertz CT molecular complexity index is 1510. The highest BCUT2D eigenvalue weighted by atomic mass is 16.5. The van der Waals surface area contributed by atoms with Crippen molar-refractivity contribution in [1.82, 2.24) is 19.5 Å². The molecule has 3 heterocycles. The van der Waals surface area contributed by atoms with Gasteiger partial charge in [-0.1, -0.05) is 66.8 Å². The first-order chi connectivity index (χ1) is 17.7. The molecule has 0 saturated heterocycles. The van der Waals surface area contributed by atoms with E-state index in [0.29, 0.717) is 11.6 Å². The summed E-state index contributed by atoms with van der Waals surface area (Å²) in [6, 6.07) is 18.1. The maximum absolute atomic E-state index is 13.0. The van der Waals surface area contributed by atoms with Crippen molar-refractivity contribution in [2.45, 2.75) is 18.4 Å². The molecule has 9 heteroatoms. The fourth-order valence-corrected chi connectivity index (χ4v) is 5.10. The topological polar surface area (TPSA) is 114 Å². The zero-order valence-corrected chi connectivity index (χ0v) is 19.4. The minimum atomic E-state index is -0.788. The molecule has 0 bridgehead atoms. The van der Waals surface area contributed by atoms with Crippen LogP contribution in [-0.4, -0.2) is 43.9 Å². The number of aliphatic hydroxyl groups is 1. The van der Waals surface area contributed by atoms with Crippen molar-refractivity contribution in [2.75, 3.05) is 18.5 Å². The van der Waals surface area contributed by atoms with Gasteiger partial charge in [0.25, 0.3) is 5.56 Å². The number of allylic oxidation sites excluding steroid dienone is 2. The Kier molecular flexibility index (Phi) is 5.63. The van der Waals surface area contributed by atoms with Gasteiger partial charge in [0, 0.05) is 11.5 Å². The summed E-state index contributed by atoms with van der Waals surface area (Å²) in [4.78, 5) is 24.9. The number of hydrogen-bond acceptors (Lipinski definition) is 7. The highest BCUT2D eigenvalue weighted by Gasteiger charge is 2.50. The van der Waals surface area contributed by atoms with Gasteiger partial charge in [-0.05, 0) is 17.7 Å². The first-order valence-corrected chi connectivity index (χ1v) is 11.8. The summed E-state index contributed by atoms with van der Waals surface area (Å²) in [5.41, 5.74) is 1.41. The fourth-order valence-electron chi connectivity index (χ4n) is 5.10. The van der Waals surface area contributed by atoms with E-state index in [4.69, 9.17) is 19.6 Å². The molecule has 1 aliphatic carbocycles. The second kappa shape index (κ2) is 9.10. The summed E-state index contributed by atoms with van der Waals surface area (Å²) < 4.78 is 13.5. The summed E-state index contributed by atoms with van der Waals surface area (Å²) in [7, 11) is 0. The van der Waals surface area contributed by atoms with E-state index >= 15 is 0 Å². The Morgan fingerprint density at radius 3 is 2.78 bits per heavy atom. The lowest BCUT2D eigenvalue weighted by Crippen LogP contribution is -2.53. The molecular formula is C27H25N5O4. The molecule has 3 unspecified atom stereocenters. The first-order valence-electron chi connectivity index (χ1n) is 11.8. The van der Waals surface area contributed by atoms with Gasteiger partial charge >= 0.3 is 0 Å². The normalized spacial score (nSPS) is 22.1. The largest absolute Gasteiger partial charge is 0.485 e. The third kappa shape index (κ3) is 3.60. The van der Waals surface area contributed by atoms with Crippen molar-refractivity contribution in [3.63, 3.8) is 0 Å². The molecule has 2 aromatic heterocycles. The third-order valence-corrected chi connectivity index (χ3v) is 6.64. The molecule has 0 fully saturated rings. The maximum Gasteiger partial charge on any atom is 0.280 e. The zero-order chi connectivity index (χ0) is 24.5. The average Bonchev–Trinajstić information content (AvgIpc) is 3.32. The van der Waals surface area contributed by atoms with Crippen LogP contribution >= 0.6 is 0 Å². The van der Waals surface area contributed by atoms with Crippen molar-refractivity contribution >= 4 is 17.1 Å². The molecule has 0 amide bonds. The standard InChI is InChI=1S/C27H25N5O4/c33-14-15-35-17-32-16-28-23-24(32)29-26(30-25(23)34)31-27(18-8-2-1-3-9-18)19-10-4-6-12-21(19)36-22-13-7-5-11-20(22)27/h1-13,16,19,21,33H,14-15,17H2,(H2,29,30,31,34). The van der Waals surface area contributed by atoms with E-state index in [1.165, 1.54) is 6.33 Å². The highest BCUT2D eigenvalue weighted by Crippen LogP contribution is 2.50. The molecule has 0 saturated carbocycles. The van der Waals surface area contributed by atoms with Crippen molar-refractivity contribution in [3.05, 3.63) is 107 Å². The Morgan fingerprint density at radius 2 is 1.92 bits per heavy atom. The highest BCUT2D eigenvalue weighted by molar-refractivity contribution is 5.71. The summed E-state index contributed by atoms with van der Waals surface area (Å²) in [6.07, 6.45) is 9.48. The van der Waals surface area contributed by atoms with Crippen LogP contribution in [0.25, 0.3) is 11.2 Å². The lowest BCUT2D eigenvalue weighted by molar-refractivity contribution is 0.0499. The number of nitrogens with one attached hydrogen (secondary N) is 2. The Labute approximate surface area is 206 Å². The van der Waals surface area contributed by atoms with Gasteiger partial charge in [-0.25, -0.2) is 4.98 Å². The second-order valence-electron chi connectivity index (χ2n) is 8.74. The lowest BCUT2D eigenvalue weighted by Gasteiger charge is -2.48. The van der Waals surface area contributed by atoms with Gasteiger partial charge in [0.15, 0.2) is 11.2 Å². The minimum absolute atomic E-state index is 0.0982. The Hall–Kier alpha value is -4.21. The van der Waals surface area contributed by atoms with Crippen LogP contribution in [0.5, 0.6) is 5.75 Å². The van der Waals surface area contributed by atoms with Gasteiger partial charge in [-0.3, -0.25) is 14.3 Å². The van der Waals surface area contributed by atoms with Gasteiger partial charge in [-0.2, -0.15) is 4.98 Å². The van der Waals surface area contributed by atoms with E-state index in [1.807, 2.05) is 60.7 Å². The molecule has 6 rings (SSSR count). The van der Waals surface area contributed by atoms with E-state index in [-0.39, 0.29) is 43.0 Å². The van der Waals surface area contributed by atoms with Crippen LogP contribution in [0.15, 0.2) is 90.0 Å². The van der Waals surface area contributed by atoms with Crippen LogP contribution in [-0.2, 0) is 17.0 Å². The molecule has 182 valence electrons. The van der Waals surface area contributed by atoms with Gasteiger partial charge in [-0.15, -0.1) is 0 Å². The predicted octanol–water partition coefficient (Wildman–Crippen LogP) is 2.94. The van der Waals surface area contributed by atoms with Gasteiger partial charge < -0.3 is 19.9 Å². The van der Waals surface area contributed by atoms with Crippen molar-refractivity contribution in [3.8, 4) is 5.75 Å². The second-order valence-corrected chi connectivity index (χ2v) is 8.74. The van der Waals surface area contributed by atoms with E-state index in [9.17, 15) is 4.79 Å². The number of fused-ring (bicyclic) bond motifs is 3. The number of para-hydroxylation sites is 1. The fraction of sp³-hybridized carbons (Fsp3) is 0.222. The Morgan fingerprint density at radius 1 is 1.11 bits per heavy atom. The molecule has 2 aliphatic rings. The molecule has 36 heavy (non-hydrogen) atoms. The first kappa shape index (κ1) is 22.3. The van der Waals surface area contributed by atoms with E-state index in [1.54, 1.807) is 4.57 Å².